The number of hydrogen-bond donors (Lipinski definition) is 0. The fraction of sp³-hybridized carbons (Fsp3) is 0.417. The summed E-state index contributed by atoms with van der Waals surface area (Å²) in [5, 5.41) is 0. The van der Waals surface area contributed by atoms with Crippen molar-refractivity contribution >= 4 is 5.69 Å². The molecule has 2 heterocycles. The molecule has 15 heavy (non-hydrogen) atoms. The quantitative estimate of drug-likeness (QED) is 0.641. The van der Waals surface area contributed by atoms with E-state index >= 15 is 0 Å². The molecule has 76 valence electrons. The Bertz CT molecular complexity index is 432. The van der Waals surface area contributed by atoms with Gasteiger partial charge in [-0.05, 0) is 18.9 Å². The van der Waals surface area contributed by atoms with Gasteiger partial charge in [0.25, 0.3) is 0 Å². The van der Waals surface area contributed by atoms with E-state index in [0.717, 1.165) is 24.6 Å². The summed E-state index contributed by atoms with van der Waals surface area (Å²) < 4.78 is 5.56. The fourth-order valence-electron chi connectivity index (χ4n) is 1.99. The van der Waals surface area contributed by atoms with Crippen molar-refractivity contribution in [3.63, 3.8) is 0 Å². The smallest absolute Gasteiger partial charge is 0.161 e. The van der Waals surface area contributed by atoms with Crippen LogP contribution in [0.25, 0.3) is 0 Å². The van der Waals surface area contributed by atoms with Gasteiger partial charge in [-0.2, -0.15) is 0 Å². The van der Waals surface area contributed by atoms with Gasteiger partial charge in [0.15, 0.2) is 5.75 Å². The normalized spacial score (nSPS) is 19.0. The molecule has 0 saturated heterocycles. The van der Waals surface area contributed by atoms with Crippen LogP contribution in [0.15, 0.2) is 12.3 Å². The van der Waals surface area contributed by atoms with Crippen LogP contribution in [0.5, 0.6) is 5.75 Å². The molecule has 1 aromatic heterocycles. The Kier molecular flexibility index (Phi) is 1.81. The van der Waals surface area contributed by atoms with Gasteiger partial charge in [0.2, 0.25) is 0 Å². The van der Waals surface area contributed by atoms with Gasteiger partial charge in [0, 0.05) is 6.04 Å². The second kappa shape index (κ2) is 3.16. The lowest BCUT2D eigenvalue weighted by Gasteiger charge is -2.31. The van der Waals surface area contributed by atoms with Crippen LogP contribution in [-0.4, -0.2) is 24.2 Å². The third-order valence-electron chi connectivity index (χ3n) is 2.88. The van der Waals surface area contributed by atoms with Crippen LogP contribution in [0.4, 0.5) is 5.69 Å². The third kappa shape index (κ3) is 1.42. The number of fused-ring (bicyclic) bond motifs is 1. The van der Waals surface area contributed by atoms with Gasteiger partial charge >= 0.3 is 0 Å². The van der Waals surface area contributed by atoms with Crippen LogP contribution in [0.3, 0.4) is 0 Å². The summed E-state index contributed by atoms with van der Waals surface area (Å²) >= 11 is 0. The zero-order chi connectivity index (χ0) is 10.3. The molecular formula is C12H12N2O. The van der Waals surface area contributed by atoms with E-state index in [9.17, 15) is 0 Å². The van der Waals surface area contributed by atoms with E-state index in [1.807, 2.05) is 6.07 Å². The van der Waals surface area contributed by atoms with Crippen molar-refractivity contribution in [2.45, 2.75) is 18.9 Å². The minimum Gasteiger partial charge on any atom is -0.488 e. The molecule has 1 fully saturated rings. The summed E-state index contributed by atoms with van der Waals surface area (Å²) in [6, 6.07) is 2.65. The predicted molar refractivity (Wildman–Crippen MR) is 58.0 cm³/mol. The predicted octanol–water partition coefficient (Wildman–Crippen LogP) is 1.42. The highest BCUT2D eigenvalue weighted by atomic mass is 16.5. The lowest BCUT2D eigenvalue weighted by Crippen LogP contribution is -2.34. The van der Waals surface area contributed by atoms with Crippen molar-refractivity contribution in [3.8, 4) is 18.1 Å². The van der Waals surface area contributed by atoms with Gasteiger partial charge in [-0.3, -0.25) is 0 Å². The SMILES string of the molecule is C#Cc1cc2c(cn1)OCCN2C1CC1. The van der Waals surface area contributed by atoms with E-state index in [4.69, 9.17) is 11.2 Å². The maximum absolute atomic E-state index is 5.56. The first-order valence-electron chi connectivity index (χ1n) is 5.24. The van der Waals surface area contributed by atoms with Gasteiger partial charge < -0.3 is 9.64 Å². The Labute approximate surface area is 89.1 Å². The molecule has 3 heteroatoms. The highest BCUT2D eigenvalue weighted by molar-refractivity contribution is 5.62. The molecule has 3 nitrogen and oxygen atoms in total. The summed E-state index contributed by atoms with van der Waals surface area (Å²) in [6.07, 6.45) is 9.65. The molecule has 0 aromatic carbocycles. The molecule has 1 aliphatic heterocycles. The molecule has 0 amide bonds. The minimum atomic E-state index is 0.685. The number of aromatic nitrogens is 1. The largest absolute Gasteiger partial charge is 0.488 e. The summed E-state index contributed by atoms with van der Waals surface area (Å²) in [5.41, 5.74) is 1.80. The van der Waals surface area contributed by atoms with Gasteiger partial charge in [-0.15, -0.1) is 6.42 Å². The van der Waals surface area contributed by atoms with E-state index in [-0.39, 0.29) is 0 Å². The Balaban J connectivity index is 2.04. The molecule has 0 bridgehead atoms. The number of ether oxygens (including phenoxy) is 1. The number of terminal acetylenes is 1. The molecule has 1 saturated carbocycles. The van der Waals surface area contributed by atoms with Crippen molar-refractivity contribution in [2.24, 2.45) is 0 Å². The highest BCUT2D eigenvalue weighted by Crippen LogP contribution is 2.38. The fourth-order valence-corrected chi connectivity index (χ4v) is 1.99. The zero-order valence-electron chi connectivity index (χ0n) is 8.44. The van der Waals surface area contributed by atoms with Crippen LogP contribution >= 0.6 is 0 Å². The zero-order valence-corrected chi connectivity index (χ0v) is 8.44. The molecule has 0 atom stereocenters. The van der Waals surface area contributed by atoms with Crippen molar-refractivity contribution < 1.29 is 4.74 Å². The number of pyridine rings is 1. The van der Waals surface area contributed by atoms with Crippen LogP contribution in [0, 0.1) is 12.3 Å². The number of nitrogens with zero attached hydrogens (tertiary/aromatic N) is 2. The average molecular weight is 200 g/mol. The van der Waals surface area contributed by atoms with Crippen molar-refractivity contribution in [2.75, 3.05) is 18.1 Å². The van der Waals surface area contributed by atoms with Crippen molar-refractivity contribution in [1.29, 1.82) is 0 Å². The summed E-state index contributed by atoms with van der Waals surface area (Å²) in [7, 11) is 0. The van der Waals surface area contributed by atoms with Crippen molar-refractivity contribution in [3.05, 3.63) is 18.0 Å². The van der Waals surface area contributed by atoms with E-state index in [1.54, 1.807) is 6.20 Å². The molecule has 0 N–H and O–H groups in total. The van der Waals surface area contributed by atoms with Crippen LogP contribution in [0.1, 0.15) is 18.5 Å². The number of hydrogen-bond acceptors (Lipinski definition) is 3. The van der Waals surface area contributed by atoms with Gasteiger partial charge in [-0.25, -0.2) is 4.98 Å². The first kappa shape index (κ1) is 8.60. The maximum atomic E-state index is 5.56. The van der Waals surface area contributed by atoms with Gasteiger partial charge in [0.1, 0.15) is 12.3 Å². The molecule has 0 radical (unpaired) electrons. The topological polar surface area (TPSA) is 25.4 Å². The Hall–Kier alpha value is -1.69. The second-order valence-electron chi connectivity index (χ2n) is 3.95. The van der Waals surface area contributed by atoms with E-state index in [0.29, 0.717) is 11.7 Å². The second-order valence-corrected chi connectivity index (χ2v) is 3.95. The van der Waals surface area contributed by atoms with Gasteiger partial charge in [-0.1, -0.05) is 5.92 Å². The average Bonchev–Trinajstić information content (AvgIpc) is 3.11. The minimum absolute atomic E-state index is 0.685. The highest BCUT2D eigenvalue weighted by Gasteiger charge is 2.32. The Morgan fingerprint density at radius 1 is 1.53 bits per heavy atom. The van der Waals surface area contributed by atoms with Crippen LogP contribution < -0.4 is 9.64 Å². The van der Waals surface area contributed by atoms with Gasteiger partial charge in [0.05, 0.1) is 18.4 Å². The van der Waals surface area contributed by atoms with E-state index < -0.39 is 0 Å². The van der Waals surface area contributed by atoms with E-state index in [2.05, 4.69) is 15.8 Å². The summed E-state index contributed by atoms with van der Waals surface area (Å²) in [5.74, 6) is 3.43. The number of rotatable bonds is 1. The van der Waals surface area contributed by atoms with Crippen LogP contribution in [-0.2, 0) is 0 Å². The lowest BCUT2D eigenvalue weighted by atomic mass is 10.2. The maximum Gasteiger partial charge on any atom is 0.161 e. The van der Waals surface area contributed by atoms with E-state index in [1.165, 1.54) is 12.8 Å². The van der Waals surface area contributed by atoms with Crippen molar-refractivity contribution in [1.82, 2.24) is 4.98 Å². The number of anilines is 1. The summed E-state index contributed by atoms with van der Waals surface area (Å²) in [6.45, 7) is 1.71. The molecule has 1 aliphatic carbocycles. The first-order chi connectivity index (χ1) is 7.38. The standard InChI is InChI=1S/C12H12N2O/c1-2-9-7-11-12(8-13-9)15-6-5-14(11)10-3-4-10/h1,7-8,10H,3-6H2. The molecule has 1 aromatic rings. The first-order valence-corrected chi connectivity index (χ1v) is 5.24. The lowest BCUT2D eigenvalue weighted by molar-refractivity contribution is 0.305. The van der Waals surface area contributed by atoms with Crippen LogP contribution in [0.2, 0.25) is 0 Å². The monoisotopic (exact) mass is 200 g/mol. The summed E-state index contributed by atoms with van der Waals surface area (Å²) in [4.78, 5) is 6.53. The Morgan fingerprint density at radius 3 is 3.13 bits per heavy atom. The molecular weight excluding hydrogens is 188 g/mol. The third-order valence-corrected chi connectivity index (χ3v) is 2.88. The Morgan fingerprint density at radius 2 is 2.40 bits per heavy atom. The molecule has 0 unspecified atom stereocenters. The molecule has 2 aliphatic rings. The molecule has 3 rings (SSSR count). The molecule has 0 spiro atoms.